The number of carbonyl (C=O) groups excluding carboxylic acids is 1. The van der Waals surface area contributed by atoms with Gasteiger partial charge in [-0.15, -0.1) is 0 Å². The van der Waals surface area contributed by atoms with E-state index in [0.29, 0.717) is 0 Å². The zero-order valence-electron chi connectivity index (χ0n) is 10.7. The quantitative estimate of drug-likeness (QED) is 0.786. The second-order valence-corrected chi connectivity index (χ2v) is 4.74. The van der Waals surface area contributed by atoms with Gasteiger partial charge in [-0.2, -0.15) is 0 Å². The van der Waals surface area contributed by atoms with Crippen molar-refractivity contribution in [2.45, 2.75) is 26.7 Å². The fraction of sp³-hybridized carbons (Fsp3) is 0.500. The number of methoxy groups -OCH3 is 1. The van der Waals surface area contributed by atoms with Crippen LogP contribution in [0.25, 0.3) is 0 Å². The Morgan fingerprint density at radius 1 is 1.41 bits per heavy atom. The minimum Gasteiger partial charge on any atom is -0.497 e. The SMILES string of the molecule is COc1ccc2c(c1)N(C(=O)C(C)C)CCC2. The molecule has 0 spiro atoms. The summed E-state index contributed by atoms with van der Waals surface area (Å²) in [7, 11) is 1.65. The fourth-order valence-corrected chi connectivity index (χ4v) is 2.22. The van der Waals surface area contributed by atoms with E-state index in [9.17, 15) is 4.79 Å². The highest BCUT2D eigenvalue weighted by Gasteiger charge is 2.24. The summed E-state index contributed by atoms with van der Waals surface area (Å²) in [4.78, 5) is 14.0. The third kappa shape index (κ3) is 2.28. The van der Waals surface area contributed by atoms with Crippen LogP contribution in [-0.2, 0) is 11.2 Å². The second-order valence-electron chi connectivity index (χ2n) is 4.74. The van der Waals surface area contributed by atoms with E-state index in [1.165, 1.54) is 5.56 Å². The highest BCUT2D eigenvalue weighted by molar-refractivity contribution is 5.96. The van der Waals surface area contributed by atoms with Crippen LogP contribution in [0.4, 0.5) is 5.69 Å². The molecule has 1 aromatic carbocycles. The van der Waals surface area contributed by atoms with E-state index in [2.05, 4.69) is 6.07 Å². The van der Waals surface area contributed by atoms with E-state index in [1.807, 2.05) is 30.9 Å². The molecule has 0 saturated carbocycles. The van der Waals surface area contributed by atoms with Gasteiger partial charge in [0, 0.05) is 18.5 Å². The monoisotopic (exact) mass is 233 g/mol. The molecule has 0 fully saturated rings. The third-order valence-corrected chi connectivity index (χ3v) is 3.17. The Morgan fingerprint density at radius 2 is 2.18 bits per heavy atom. The van der Waals surface area contributed by atoms with E-state index in [1.54, 1.807) is 7.11 Å². The maximum Gasteiger partial charge on any atom is 0.229 e. The zero-order valence-corrected chi connectivity index (χ0v) is 10.7. The summed E-state index contributed by atoms with van der Waals surface area (Å²) in [5.41, 5.74) is 2.26. The molecule has 1 heterocycles. The van der Waals surface area contributed by atoms with Gasteiger partial charge in [-0.3, -0.25) is 4.79 Å². The Morgan fingerprint density at radius 3 is 2.82 bits per heavy atom. The van der Waals surface area contributed by atoms with Crippen LogP contribution in [0, 0.1) is 5.92 Å². The molecule has 0 N–H and O–H groups in total. The van der Waals surface area contributed by atoms with Crippen molar-refractivity contribution < 1.29 is 9.53 Å². The van der Waals surface area contributed by atoms with Gasteiger partial charge in [-0.05, 0) is 24.5 Å². The van der Waals surface area contributed by atoms with Gasteiger partial charge in [0.1, 0.15) is 5.75 Å². The molecular formula is C14H19NO2. The molecule has 92 valence electrons. The van der Waals surface area contributed by atoms with Crippen LogP contribution in [0.2, 0.25) is 0 Å². The zero-order chi connectivity index (χ0) is 12.4. The Hall–Kier alpha value is -1.51. The van der Waals surface area contributed by atoms with Crippen molar-refractivity contribution in [3.8, 4) is 5.75 Å². The maximum absolute atomic E-state index is 12.1. The van der Waals surface area contributed by atoms with Crippen LogP contribution >= 0.6 is 0 Å². The molecule has 0 radical (unpaired) electrons. The van der Waals surface area contributed by atoms with Gasteiger partial charge < -0.3 is 9.64 Å². The van der Waals surface area contributed by atoms with Gasteiger partial charge >= 0.3 is 0 Å². The first-order valence-electron chi connectivity index (χ1n) is 6.11. The molecule has 1 aliphatic rings. The van der Waals surface area contributed by atoms with Gasteiger partial charge in [-0.1, -0.05) is 19.9 Å². The first-order valence-corrected chi connectivity index (χ1v) is 6.11. The van der Waals surface area contributed by atoms with Crippen molar-refractivity contribution in [1.29, 1.82) is 0 Å². The summed E-state index contributed by atoms with van der Waals surface area (Å²) in [5.74, 6) is 1.04. The molecule has 0 aromatic heterocycles. The number of ether oxygens (including phenoxy) is 1. The number of rotatable bonds is 2. The summed E-state index contributed by atoms with van der Waals surface area (Å²) in [6.07, 6.45) is 2.08. The van der Waals surface area contributed by atoms with Crippen LogP contribution < -0.4 is 9.64 Å². The first kappa shape index (κ1) is 12.0. The molecule has 0 unspecified atom stereocenters. The molecule has 0 atom stereocenters. The molecule has 17 heavy (non-hydrogen) atoms. The molecule has 1 amide bonds. The predicted molar refractivity (Wildman–Crippen MR) is 68.5 cm³/mol. The molecule has 2 rings (SSSR count). The summed E-state index contributed by atoms with van der Waals surface area (Å²) in [6, 6.07) is 5.99. The molecule has 3 heteroatoms. The second kappa shape index (κ2) is 4.78. The number of carbonyl (C=O) groups is 1. The van der Waals surface area contributed by atoms with E-state index >= 15 is 0 Å². The van der Waals surface area contributed by atoms with Crippen molar-refractivity contribution >= 4 is 11.6 Å². The number of aryl methyl sites for hydroxylation is 1. The van der Waals surface area contributed by atoms with Gasteiger partial charge in [0.15, 0.2) is 0 Å². The summed E-state index contributed by atoms with van der Waals surface area (Å²) in [6.45, 7) is 4.70. The Kier molecular flexibility index (Phi) is 3.36. The van der Waals surface area contributed by atoms with Crippen molar-refractivity contribution in [3.05, 3.63) is 23.8 Å². The van der Waals surface area contributed by atoms with E-state index in [-0.39, 0.29) is 11.8 Å². The molecule has 0 aliphatic carbocycles. The molecule has 3 nitrogen and oxygen atoms in total. The summed E-state index contributed by atoms with van der Waals surface area (Å²) < 4.78 is 5.23. The van der Waals surface area contributed by atoms with Crippen LogP contribution in [0.1, 0.15) is 25.8 Å². The number of benzene rings is 1. The number of hydrogen-bond acceptors (Lipinski definition) is 2. The number of nitrogens with zero attached hydrogens (tertiary/aromatic N) is 1. The molecule has 1 aromatic rings. The number of fused-ring (bicyclic) bond motifs is 1. The van der Waals surface area contributed by atoms with Crippen LogP contribution in [-0.4, -0.2) is 19.6 Å². The lowest BCUT2D eigenvalue weighted by Gasteiger charge is -2.31. The van der Waals surface area contributed by atoms with Crippen molar-refractivity contribution in [2.24, 2.45) is 5.92 Å². The van der Waals surface area contributed by atoms with Gasteiger partial charge in [0.25, 0.3) is 0 Å². The fourth-order valence-electron chi connectivity index (χ4n) is 2.22. The first-order chi connectivity index (χ1) is 8.13. The number of hydrogen-bond donors (Lipinski definition) is 0. The van der Waals surface area contributed by atoms with Gasteiger partial charge in [0.2, 0.25) is 5.91 Å². The highest BCUT2D eigenvalue weighted by atomic mass is 16.5. The standard InChI is InChI=1S/C14H19NO2/c1-10(2)14(16)15-8-4-5-11-6-7-12(17-3)9-13(11)15/h6-7,9-10H,4-5,8H2,1-3H3. The van der Waals surface area contributed by atoms with E-state index < -0.39 is 0 Å². The molecular weight excluding hydrogens is 214 g/mol. The maximum atomic E-state index is 12.1. The Balaban J connectivity index is 2.38. The average molecular weight is 233 g/mol. The molecule has 1 aliphatic heterocycles. The molecule has 0 saturated heterocycles. The Labute approximate surface area is 102 Å². The Bertz CT molecular complexity index is 426. The van der Waals surface area contributed by atoms with Crippen molar-refractivity contribution in [1.82, 2.24) is 0 Å². The lowest BCUT2D eigenvalue weighted by Crippen LogP contribution is -2.38. The number of amides is 1. The van der Waals surface area contributed by atoms with Crippen LogP contribution in [0.3, 0.4) is 0 Å². The summed E-state index contributed by atoms with van der Waals surface area (Å²) in [5, 5.41) is 0. The lowest BCUT2D eigenvalue weighted by molar-refractivity contribution is -0.121. The largest absolute Gasteiger partial charge is 0.497 e. The predicted octanol–water partition coefficient (Wildman–Crippen LogP) is 2.63. The smallest absolute Gasteiger partial charge is 0.229 e. The summed E-state index contributed by atoms with van der Waals surface area (Å²) >= 11 is 0. The normalized spacial score (nSPS) is 14.7. The van der Waals surface area contributed by atoms with Crippen LogP contribution in [0.15, 0.2) is 18.2 Å². The van der Waals surface area contributed by atoms with Crippen molar-refractivity contribution in [3.63, 3.8) is 0 Å². The molecule has 0 bridgehead atoms. The highest BCUT2D eigenvalue weighted by Crippen LogP contribution is 2.31. The minimum absolute atomic E-state index is 0.0344. The van der Waals surface area contributed by atoms with E-state index in [0.717, 1.165) is 30.8 Å². The van der Waals surface area contributed by atoms with Gasteiger partial charge in [-0.25, -0.2) is 0 Å². The van der Waals surface area contributed by atoms with Crippen molar-refractivity contribution in [2.75, 3.05) is 18.6 Å². The van der Waals surface area contributed by atoms with E-state index in [4.69, 9.17) is 4.74 Å². The van der Waals surface area contributed by atoms with Crippen LogP contribution in [0.5, 0.6) is 5.75 Å². The lowest BCUT2D eigenvalue weighted by atomic mass is 10.00. The average Bonchev–Trinajstić information content (AvgIpc) is 2.36. The number of anilines is 1. The minimum atomic E-state index is 0.0344. The topological polar surface area (TPSA) is 29.5 Å². The van der Waals surface area contributed by atoms with Gasteiger partial charge in [0.05, 0.1) is 12.8 Å². The third-order valence-electron chi connectivity index (χ3n) is 3.17.